The number of likely N-dealkylation sites (N-methyl/N-ethyl adjacent to an activating group) is 1. The fourth-order valence-corrected chi connectivity index (χ4v) is 3.30. The lowest BCUT2D eigenvalue weighted by molar-refractivity contribution is 0.255. The van der Waals surface area contributed by atoms with E-state index < -0.39 is 15.7 Å². The zero-order chi connectivity index (χ0) is 11.7. The average molecular weight is 235 g/mol. The van der Waals surface area contributed by atoms with Crippen molar-refractivity contribution in [3.8, 4) is 0 Å². The van der Waals surface area contributed by atoms with Gasteiger partial charge in [-0.3, -0.25) is 0 Å². The number of rotatable bonds is 4. The second-order valence-electron chi connectivity index (χ2n) is 4.60. The van der Waals surface area contributed by atoms with Crippen LogP contribution < -0.4 is 5.73 Å². The van der Waals surface area contributed by atoms with E-state index in [1.165, 1.54) is 8.61 Å². The maximum absolute atomic E-state index is 12.1. The van der Waals surface area contributed by atoms with Crippen molar-refractivity contribution in [1.82, 2.24) is 8.61 Å². The predicted octanol–water partition coefficient (Wildman–Crippen LogP) is -0.00390. The number of hydrogen-bond donors (Lipinski definition) is 1. The first-order chi connectivity index (χ1) is 6.82. The van der Waals surface area contributed by atoms with Crippen molar-refractivity contribution in [2.24, 2.45) is 5.73 Å². The van der Waals surface area contributed by atoms with Crippen LogP contribution in [0.4, 0.5) is 0 Å². The topological polar surface area (TPSA) is 66.6 Å². The van der Waals surface area contributed by atoms with Crippen LogP contribution in [0, 0.1) is 0 Å². The summed E-state index contributed by atoms with van der Waals surface area (Å²) < 4.78 is 27.2. The average Bonchev–Trinajstić information content (AvgIpc) is 2.69. The van der Waals surface area contributed by atoms with Gasteiger partial charge in [0.05, 0.1) is 0 Å². The highest BCUT2D eigenvalue weighted by Gasteiger charge is 2.36. The van der Waals surface area contributed by atoms with Crippen LogP contribution in [0.5, 0.6) is 0 Å². The minimum Gasteiger partial charge on any atom is -0.329 e. The molecule has 1 aliphatic rings. The molecule has 0 aromatic carbocycles. The van der Waals surface area contributed by atoms with Crippen molar-refractivity contribution in [1.29, 1.82) is 0 Å². The molecule has 1 aliphatic heterocycles. The highest BCUT2D eigenvalue weighted by molar-refractivity contribution is 7.86. The van der Waals surface area contributed by atoms with Crippen LogP contribution in [0.15, 0.2) is 0 Å². The van der Waals surface area contributed by atoms with E-state index in [0.29, 0.717) is 19.6 Å². The third-order valence-corrected chi connectivity index (χ3v) is 5.29. The lowest BCUT2D eigenvalue weighted by Crippen LogP contribution is -2.54. The van der Waals surface area contributed by atoms with E-state index in [2.05, 4.69) is 0 Å². The van der Waals surface area contributed by atoms with Gasteiger partial charge in [0.15, 0.2) is 0 Å². The first-order valence-electron chi connectivity index (χ1n) is 5.26. The molecule has 15 heavy (non-hydrogen) atoms. The smallest absolute Gasteiger partial charge is 0.282 e. The Labute approximate surface area is 92.4 Å². The van der Waals surface area contributed by atoms with Crippen molar-refractivity contribution in [2.75, 3.05) is 26.7 Å². The van der Waals surface area contributed by atoms with Crippen molar-refractivity contribution >= 4 is 10.2 Å². The normalized spacial score (nSPS) is 20.1. The van der Waals surface area contributed by atoms with Crippen LogP contribution in [0.2, 0.25) is 0 Å². The molecule has 0 unspecified atom stereocenters. The third kappa shape index (κ3) is 2.50. The summed E-state index contributed by atoms with van der Waals surface area (Å²) >= 11 is 0. The summed E-state index contributed by atoms with van der Waals surface area (Å²) in [4.78, 5) is 0. The molecule has 1 fully saturated rings. The first-order valence-corrected chi connectivity index (χ1v) is 6.66. The van der Waals surface area contributed by atoms with Gasteiger partial charge in [0, 0.05) is 32.2 Å². The van der Waals surface area contributed by atoms with Gasteiger partial charge in [-0.25, -0.2) is 0 Å². The van der Waals surface area contributed by atoms with E-state index in [-0.39, 0.29) is 0 Å². The van der Waals surface area contributed by atoms with Gasteiger partial charge >= 0.3 is 0 Å². The molecule has 0 aromatic heterocycles. The van der Waals surface area contributed by atoms with Crippen molar-refractivity contribution in [3.05, 3.63) is 0 Å². The molecule has 1 heterocycles. The first kappa shape index (κ1) is 12.9. The van der Waals surface area contributed by atoms with Gasteiger partial charge in [0.2, 0.25) is 0 Å². The standard InChI is InChI=1S/C9H21N3O2S/c1-9(2,8-10)11(3)15(13,14)12-6-4-5-7-12/h4-8,10H2,1-3H3. The Morgan fingerprint density at radius 1 is 1.33 bits per heavy atom. The van der Waals surface area contributed by atoms with Gasteiger partial charge in [-0.05, 0) is 26.7 Å². The lowest BCUT2D eigenvalue weighted by atomic mass is 10.1. The fourth-order valence-electron chi connectivity index (χ4n) is 1.53. The molecule has 6 heteroatoms. The van der Waals surface area contributed by atoms with Crippen LogP contribution in [0.1, 0.15) is 26.7 Å². The largest absolute Gasteiger partial charge is 0.329 e. The zero-order valence-corrected chi connectivity index (χ0v) is 10.5. The van der Waals surface area contributed by atoms with Gasteiger partial charge < -0.3 is 5.73 Å². The Bertz CT molecular complexity index is 307. The van der Waals surface area contributed by atoms with E-state index in [0.717, 1.165) is 12.8 Å². The molecule has 1 rings (SSSR count). The number of nitrogens with zero attached hydrogens (tertiary/aromatic N) is 2. The third-order valence-electron chi connectivity index (χ3n) is 3.09. The van der Waals surface area contributed by atoms with Gasteiger partial charge in [-0.1, -0.05) is 0 Å². The maximum atomic E-state index is 12.1. The Morgan fingerprint density at radius 2 is 1.80 bits per heavy atom. The summed E-state index contributed by atoms with van der Waals surface area (Å²) in [6.45, 7) is 5.25. The van der Waals surface area contributed by atoms with E-state index >= 15 is 0 Å². The summed E-state index contributed by atoms with van der Waals surface area (Å²) in [6.07, 6.45) is 1.91. The quantitative estimate of drug-likeness (QED) is 0.745. The molecule has 0 aromatic rings. The van der Waals surface area contributed by atoms with Crippen molar-refractivity contribution in [2.45, 2.75) is 32.2 Å². The van der Waals surface area contributed by atoms with Crippen LogP contribution in [0.3, 0.4) is 0 Å². The van der Waals surface area contributed by atoms with E-state index in [1.54, 1.807) is 7.05 Å². The number of hydrogen-bond acceptors (Lipinski definition) is 3. The summed E-state index contributed by atoms with van der Waals surface area (Å²) in [5.41, 5.74) is 5.05. The van der Waals surface area contributed by atoms with Gasteiger partial charge in [0.1, 0.15) is 0 Å². The summed E-state index contributed by atoms with van der Waals surface area (Å²) in [6, 6.07) is 0. The van der Waals surface area contributed by atoms with E-state index in [9.17, 15) is 8.42 Å². The Balaban J connectivity index is 2.85. The SMILES string of the molecule is CN(C(C)(C)CN)S(=O)(=O)N1CCCC1. The molecule has 0 atom stereocenters. The van der Waals surface area contributed by atoms with Crippen LogP contribution in [-0.4, -0.2) is 49.2 Å². The molecular formula is C9H21N3O2S. The second-order valence-corrected chi connectivity index (χ2v) is 6.56. The van der Waals surface area contributed by atoms with Gasteiger partial charge in [0.25, 0.3) is 10.2 Å². The monoisotopic (exact) mass is 235 g/mol. The van der Waals surface area contributed by atoms with Crippen LogP contribution in [0.25, 0.3) is 0 Å². The van der Waals surface area contributed by atoms with Crippen molar-refractivity contribution < 1.29 is 8.42 Å². The van der Waals surface area contributed by atoms with Gasteiger partial charge in [-0.2, -0.15) is 17.0 Å². The molecule has 0 radical (unpaired) electrons. The zero-order valence-electron chi connectivity index (χ0n) is 9.73. The Hall–Kier alpha value is -0.170. The minimum absolute atomic E-state index is 0.316. The van der Waals surface area contributed by atoms with Crippen LogP contribution in [-0.2, 0) is 10.2 Å². The van der Waals surface area contributed by atoms with Gasteiger partial charge in [-0.15, -0.1) is 0 Å². The summed E-state index contributed by atoms with van der Waals surface area (Å²) in [7, 11) is -1.72. The Morgan fingerprint density at radius 3 is 2.20 bits per heavy atom. The fraction of sp³-hybridized carbons (Fsp3) is 1.00. The second kappa shape index (κ2) is 4.37. The molecule has 0 spiro atoms. The lowest BCUT2D eigenvalue weighted by Gasteiger charge is -2.35. The van der Waals surface area contributed by atoms with Crippen molar-refractivity contribution in [3.63, 3.8) is 0 Å². The Kier molecular flexibility index (Phi) is 3.76. The summed E-state index contributed by atoms with van der Waals surface area (Å²) in [5.74, 6) is 0. The molecule has 2 N–H and O–H groups in total. The predicted molar refractivity (Wildman–Crippen MR) is 60.6 cm³/mol. The summed E-state index contributed by atoms with van der Waals surface area (Å²) in [5, 5.41) is 0. The molecule has 0 saturated carbocycles. The van der Waals surface area contributed by atoms with E-state index in [1.807, 2.05) is 13.8 Å². The molecule has 0 bridgehead atoms. The number of nitrogens with two attached hydrogens (primary N) is 1. The van der Waals surface area contributed by atoms with E-state index in [4.69, 9.17) is 5.73 Å². The molecular weight excluding hydrogens is 214 g/mol. The molecule has 1 saturated heterocycles. The molecule has 0 aliphatic carbocycles. The minimum atomic E-state index is -3.32. The molecule has 90 valence electrons. The molecule has 0 amide bonds. The van der Waals surface area contributed by atoms with Crippen LogP contribution >= 0.6 is 0 Å². The maximum Gasteiger partial charge on any atom is 0.282 e. The molecule has 5 nitrogen and oxygen atoms in total. The highest BCUT2D eigenvalue weighted by atomic mass is 32.2. The highest BCUT2D eigenvalue weighted by Crippen LogP contribution is 2.21.